The van der Waals surface area contributed by atoms with Crippen molar-refractivity contribution in [3.05, 3.63) is 57.3 Å². The number of rotatable bonds is 5. The van der Waals surface area contributed by atoms with Gasteiger partial charge >= 0.3 is 5.97 Å². The number of benzene rings is 1. The minimum Gasteiger partial charge on any atom is -0.459 e. The lowest BCUT2D eigenvalue weighted by atomic mass is 10.1. The Kier molecular flexibility index (Phi) is 6.23. The molecule has 0 fully saturated rings. The monoisotopic (exact) mass is 378 g/mol. The lowest BCUT2D eigenvalue weighted by Crippen LogP contribution is -2.27. The molecule has 26 heavy (non-hydrogen) atoms. The number of aromatic nitrogens is 2. The Balaban J connectivity index is 2.19. The van der Waals surface area contributed by atoms with E-state index in [0.717, 1.165) is 11.8 Å². The van der Waals surface area contributed by atoms with Crippen molar-refractivity contribution in [1.29, 1.82) is 0 Å². The highest BCUT2D eigenvalue weighted by molar-refractivity contribution is 7.99. The molecule has 140 valence electrons. The zero-order valence-corrected chi connectivity index (χ0v) is 16.4. The standard InChI is InChI=1S/C19H23FN2O3S/c1-12-15(10-13-7-6-8-14(20)9-13)17(24)22(5)18(21-12)26-11-16(23)25-19(2,3)4/h6-9H,10-11H2,1-5H3. The van der Waals surface area contributed by atoms with Crippen LogP contribution >= 0.6 is 11.8 Å². The molecule has 0 aliphatic carbocycles. The van der Waals surface area contributed by atoms with Crippen LogP contribution in [0.4, 0.5) is 4.39 Å². The Morgan fingerprint density at radius 1 is 1.35 bits per heavy atom. The highest BCUT2D eigenvalue weighted by Gasteiger charge is 2.18. The van der Waals surface area contributed by atoms with E-state index in [0.29, 0.717) is 28.4 Å². The minimum atomic E-state index is -0.554. The van der Waals surface area contributed by atoms with Crippen LogP contribution in [0.2, 0.25) is 0 Å². The molecule has 0 unspecified atom stereocenters. The maximum absolute atomic E-state index is 13.4. The summed E-state index contributed by atoms with van der Waals surface area (Å²) in [5.74, 6) is -0.632. The average molecular weight is 378 g/mol. The number of nitrogens with zero attached hydrogens (tertiary/aromatic N) is 2. The summed E-state index contributed by atoms with van der Waals surface area (Å²) in [6, 6.07) is 6.16. The molecule has 1 aromatic carbocycles. The molecule has 0 saturated heterocycles. The lowest BCUT2D eigenvalue weighted by Gasteiger charge is -2.19. The smallest absolute Gasteiger partial charge is 0.316 e. The Labute approximate surface area is 156 Å². The van der Waals surface area contributed by atoms with Gasteiger partial charge in [0.1, 0.15) is 11.4 Å². The third kappa shape index (κ3) is 5.42. The highest BCUT2D eigenvalue weighted by atomic mass is 32.2. The molecule has 0 spiro atoms. The molecular formula is C19H23FN2O3S. The van der Waals surface area contributed by atoms with Crippen molar-refractivity contribution in [2.45, 2.75) is 44.9 Å². The normalized spacial score (nSPS) is 11.5. The predicted molar refractivity (Wildman–Crippen MR) is 100.0 cm³/mol. The molecule has 1 heterocycles. The van der Waals surface area contributed by atoms with E-state index in [2.05, 4.69) is 4.98 Å². The van der Waals surface area contributed by atoms with Gasteiger partial charge in [-0.25, -0.2) is 9.37 Å². The van der Waals surface area contributed by atoms with Crippen LogP contribution in [-0.2, 0) is 23.0 Å². The van der Waals surface area contributed by atoms with Gasteiger partial charge in [0.15, 0.2) is 5.16 Å². The van der Waals surface area contributed by atoms with Crippen molar-refractivity contribution in [3.8, 4) is 0 Å². The molecule has 2 rings (SSSR count). The van der Waals surface area contributed by atoms with E-state index >= 15 is 0 Å². The molecule has 0 saturated carbocycles. The summed E-state index contributed by atoms with van der Waals surface area (Å²) >= 11 is 1.16. The number of carbonyl (C=O) groups excluding carboxylic acids is 1. The second kappa shape index (κ2) is 8.03. The van der Waals surface area contributed by atoms with Crippen molar-refractivity contribution in [1.82, 2.24) is 9.55 Å². The van der Waals surface area contributed by atoms with Crippen LogP contribution in [0.5, 0.6) is 0 Å². The topological polar surface area (TPSA) is 61.2 Å². The van der Waals surface area contributed by atoms with E-state index in [-0.39, 0.29) is 23.1 Å². The second-order valence-corrected chi connectivity index (χ2v) is 7.95. The largest absolute Gasteiger partial charge is 0.459 e. The van der Waals surface area contributed by atoms with Crippen molar-refractivity contribution in [2.24, 2.45) is 7.05 Å². The summed E-state index contributed by atoms with van der Waals surface area (Å²) in [5, 5.41) is 0.446. The molecule has 2 aromatic rings. The fourth-order valence-electron chi connectivity index (χ4n) is 2.41. The number of thioether (sulfide) groups is 1. The molecule has 0 amide bonds. The van der Waals surface area contributed by atoms with Crippen LogP contribution in [0.1, 0.15) is 37.6 Å². The lowest BCUT2D eigenvalue weighted by molar-refractivity contribution is -0.151. The summed E-state index contributed by atoms with van der Waals surface area (Å²) in [7, 11) is 1.61. The summed E-state index contributed by atoms with van der Waals surface area (Å²) in [6.07, 6.45) is 0.306. The molecule has 5 nitrogen and oxygen atoms in total. The van der Waals surface area contributed by atoms with Gasteiger partial charge in [-0.15, -0.1) is 0 Å². The van der Waals surface area contributed by atoms with E-state index in [9.17, 15) is 14.0 Å². The molecule has 0 aliphatic rings. The Hall–Kier alpha value is -2.15. The number of halogens is 1. The van der Waals surface area contributed by atoms with Gasteiger partial charge in [-0.2, -0.15) is 0 Å². The molecule has 0 radical (unpaired) electrons. The van der Waals surface area contributed by atoms with E-state index in [1.807, 2.05) is 0 Å². The predicted octanol–water partition coefficient (Wildman–Crippen LogP) is 3.25. The van der Waals surface area contributed by atoms with Crippen LogP contribution in [0, 0.1) is 12.7 Å². The summed E-state index contributed by atoms with van der Waals surface area (Å²) in [4.78, 5) is 29.0. The quantitative estimate of drug-likeness (QED) is 0.454. The minimum absolute atomic E-state index is 0.0697. The molecule has 7 heteroatoms. The van der Waals surface area contributed by atoms with E-state index < -0.39 is 5.60 Å². The van der Waals surface area contributed by atoms with Gasteiger partial charge in [0, 0.05) is 24.7 Å². The van der Waals surface area contributed by atoms with Gasteiger partial charge in [0.2, 0.25) is 0 Å². The van der Waals surface area contributed by atoms with Crippen molar-refractivity contribution >= 4 is 17.7 Å². The third-order valence-electron chi connectivity index (χ3n) is 3.56. The summed E-state index contributed by atoms with van der Waals surface area (Å²) in [5.41, 5.74) is 1.04. The van der Waals surface area contributed by atoms with E-state index in [1.54, 1.807) is 46.9 Å². The zero-order valence-electron chi connectivity index (χ0n) is 15.6. The Morgan fingerprint density at radius 3 is 2.65 bits per heavy atom. The first-order chi connectivity index (χ1) is 12.1. The first kappa shape index (κ1) is 20.2. The number of hydrogen-bond acceptors (Lipinski definition) is 5. The van der Waals surface area contributed by atoms with Crippen molar-refractivity contribution in [3.63, 3.8) is 0 Å². The number of carbonyl (C=O) groups is 1. The van der Waals surface area contributed by atoms with Gasteiger partial charge < -0.3 is 4.74 Å². The molecule has 0 atom stereocenters. The summed E-state index contributed by atoms with van der Waals surface area (Å²) < 4.78 is 20.0. The first-order valence-corrected chi connectivity index (χ1v) is 9.21. The fraction of sp³-hybridized carbons (Fsp3) is 0.421. The fourth-order valence-corrected chi connectivity index (χ4v) is 3.19. The number of hydrogen-bond donors (Lipinski definition) is 0. The number of ether oxygens (including phenoxy) is 1. The van der Waals surface area contributed by atoms with E-state index in [4.69, 9.17) is 4.74 Å². The van der Waals surface area contributed by atoms with Crippen molar-refractivity contribution < 1.29 is 13.9 Å². The van der Waals surface area contributed by atoms with Gasteiger partial charge in [-0.05, 0) is 45.4 Å². The highest BCUT2D eigenvalue weighted by Crippen LogP contribution is 2.18. The second-order valence-electron chi connectivity index (χ2n) is 7.00. The number of esters is 1. The Morgan fingerprint density at radius 2 is 2.04 bits per heavy atom. The molecule has 0 bridgehead atoms. The van der Waals surface area contributed by atoms with Gasteiger partial charge in [-0.1, -0.05) is 23.9 Å². The molecule has 0 aliphatic heterocycles. The van der Waals surface area contributed by atoms with Crippen LogP contribution in [0.15, 0.2) is 34.2 Å². The summed E-state index contributed by atoms with van der Waals surface area (Å²) in [6.45, 7) is 7.15. The average Bonchev–Trinajstić information content (AvgIpc) is 2.52. The van der Waals surface area contributed by atoms with Crippen LogP contribution in [0.25, 0.3) is 0 Å². The third-order valence-corrected chi connectivity index (χ3v) is 4.56. The molecule has 1 aromatic heterocycles. The first-order valence-electron chi connectivity index (χ1n) is 8.22. The maximum Gasteiger partial charge on any atom is 0.316 e. The van der Waals surface area contributed by atoms with Crippen LogP contribution in [-0.4, -0.2) is 26.9 Å². The van der Waals surface area contributed by atoms with Crippen molar-refractivity contribution in [2.75, 3.05) is 5.75 Å². The number of aryl methyl sites for hydroxylation is 1. The van der Waals surface area contributed by atoms with E-state index in [1.165, 1.54) is 16.7 Å². The Bertz CT molecular complexity index is 872. The van der Waals surface area contributed by atoms with Gasteiger partial charge in [0.05, 0.1) is 5.75 Å². The zero-order chi connectivity index (χ0) is 19.5. The SMILES string of the molecule is Cc1nc(SCC(=O)OC(C)(C)C)n(C)c(=O)c1Cc1cccc(F)c1. The van der Waals surface area contributed by atoms with Crippen LogP contribution in [0.3, 0.4) is 0 Å². The van der Waals surface area contributed by atoms with Crippen LogP contribution < -0.4 is 5.56 Å². The van der Waals surface area contributed by atoms with Gasteiger partial charge in [-0.3, -0.25) is 14.2 Å². The molecular weight excluding hydrogens is 355 g/mol. The maximum atomic E-state index is 13.4. The van der Waals surface area contributed by atoms with Gasteiger partial charge in [0.25, 0.3) is 5.56 Å². The molecule has 0 N–H and O–H groups in total.